The normalized spacial score (nSPS) is 10.6. The Morgan fingerprint density at radius 1 is 1.00 bits per heavy atom. The van der Waals surface area contributed by atoms with Gasteiger partial charge in [0.2, 0.25) is 17.7 Å². The molecule has 2 aromatic carbocycles. The molecule has 4 aromatic rings. The van der Waals surface area contributed by atoms with Crippen LogP contribution in [0.2, 0.25) is 0 Å². The van der Waals surface area contributed by atoms with Gasteiger partial charge >= 0.3 is 0 Å². The molecule has 2 heterocycles. The van der Waals surface area contributed by atoms with Crippen molar-refractivity contribution in [2.45, 2.75) is 6.54 Å². The molecule has 2 amide bonds. The Labute approximate surface area is 176 Å². The number of nitrogens with one attached hydrogen (secondary N) is 1. The molecule has 0 radical (unpaired) electrons. The number of nitrogens with zero attached hydrogens (tertiary/aromatic N) is 3. The van der Waals surface area contributed by atoms with Gasteiger partial charge in [-0.15, -0.1) is 0 Å². The van der Waals surface area contributed by atoms with Gasteiger partial charge in [-0.1, -0.05) is 18.2 Å². The van der Waals surface area contributed by atoms with Gasteiger partial charge < -0.3 is 15.8 Å². The Bertz CT molecular complexity index is 1330. The van der Waals surface area contributed by atoms with Crippen LogP contribution in [0.1, 0.15) is 10.4 Å². The van der Waals surface area contributed by atoms with Gasteiger partial charge in [-0.2, -0.15) is 0 Å². The maximum atomic E-state index is 12.5. The Morgan fingerprint density at radius 2 is 1.84 bits per heavy atom. The van der Waals surface area contributed by atoms with Gasteiger partial charge in [0.1, 0.15) is 12.3 Å². The zero-order valence-corrected chi connectivity index (χ0v) is 16.2. The van der Waals surface area contributed by atoms with Gasteiger partial charge in [-0.05, 0) is 36.4 Å². The number of pyridine rings is 1. The SMILES string of the molecule is NC(=O)c1cccc(Oc2ccc(NC(=O)Cn3c(=O)cnc4ccccc43)cn2)c1. The Hall–Kier alpha value is -4.53. The highest BCUT2D eigenvalue weighted by atomic mass is 16.5. The summed E-state index contributed by atoms with van der Waals surface area (Å²) in [5.74, 6) is -0.263. The fraction of sp³-hybridized carbons (Fsp3) is 0.0455. The molecule has 0 atom stereocenters. The van der Waals surface area contributed by atoms with Crippen LogP contribution in [0.3, 0.4) is 0 Å². The van der Waals surface area contributed by atoms with Crippen LogP contribution in [-0.4, -0.2) is 26.3 Å². The van der Waals surface area contributed by atoms with Crippen molar-refractivity contribution in [3.63, 3.8) is 0 Å². The molecule has 9 heteroatoms. The highest BCUT2D eigenvalue weighted by Gasteiger charge is 2.10. The number of aromatic nitrogens is 3. The van der Waals surface area contributed by atoms with Gasteiger partial charge in [0.05, 0.1) is 29.1 Å². The number of nitrogens with two attached hydrogens (primary N) is 1. The largest absolute Gasteiger partial charge is 0.439 e. The number of carbonyl (C=O) groups excluding carboxylic acids is 2. The van der Waals surface area contributed by atoms with Crippen molar-refractivity contribution in [2.24, 2.45) is 5.73 Å². The molecule has 0 aliphatic carbocycles. The third-order valence-corrected chi connectivity index (χ3v) is 4.42. The number of fused-ring (bicyclic) bond motifs is 1. The first-order chi connectivity index (χ1) is 15.0. The molecular formula is C22H17N5O4. The summed E-state index contributed by atoms with van der Waals surface area (Å²) in [5, 5.41) is 2.70. The van der Waals surface area contributed by atoms with E-state index >= 15 is 0 Å². The molecule has 9 nitrogen and oxygen atoms in total. The third kappa shape index (κ3) is 4.56. The van der Waals surface area contributed by atoms with Crippen molar-refractivity contribution in [1.29, 1.82) is 0 Å². The first-order valence-corrected chi connectivity index (χ1v) is 9.28. The third-order valence-electron chi connectivity index (χ3n) is 4.42. The van der Waals surface area contributed by atoms with Crippen molar-refractivity contribution in [2.75, 3.05) is 5.32 Å². The number of benzene rings is 2. The maximum Gasteiger partial charge on any atom is 0.269 e. The molecule has 4 rings (SSSR count). The Morgan fingerprint density at radius 3 is 2.61 bits per heavy atom. The summed E-state index contributed by atoms with van der Waals surface area (Å²) in [6.45, 7) is -0.167. The monoisotopic (exact) mass is 415 g/mol. The highest BCUT2D eigenvalue weighted by Crippen LogP contribution is 2.21. The van der Waals surface area contributed by atoms with E-state index in [0.717, 1.165) is 0 Å². The number of ether oxygens (including phenoxy) is 1. The van der Waals surface area contributed by atoms with Gasteiger partial charge in [0.15, 0.2) is 0 Å². The molecule has 2 aromatic heterocycles. The lowest BCUT2D eigenvalue weighted by molar-refractivity contribution is -0.116. The topological polar surface area (TPSA) is 129 Å². The summed E-state index contributed by atoms with van der Waals surface area (Å²) in [6, 6.07) is 16.7. The van der Waals surface area contributed by atoms with Gasteiger partial charge in [0, 0.05) is 11.6 Å². The van der Waals surface area contributed by atoms with E-state index in [-0.39, 0.29) is 23.9 Å². The zero-order chi connectivity index (χ0) is 21.8. The van der Waals surface area contributed by atoms with E-state index in [0.29, 0.717) is 28.0 Å². The summed E-state index contributed by atoms with van der Waals surface area (Å²) in [5.41, 5.74) is 6.85. The molecule has 0 spiro atoms. The number of para-hydroxylation sites is 2. The predicted octanol–water partition coefficient (Wildman–Crippen LogP) is 2.32. The van der Waals surface area contributed by atoms with Crippen LogP contribution in [0.5, 0.6) is 11.6 Å². The summed E-state index contributed by atoms with van der Waals surface area (Å²) in [7, 11) is 0. The molecule has 31 heavy (non-hydrogen) atoms. The smallest absolute Gasteiger partial charge is 0.269 e. The first-order valence-electron chi connectivity index (χ1n) is 9.28. The van der Waals surface area contributed by atoms with Crippen LogP contribution in [0.4, 0.5) is 5.69 Å². The summed E-state index contributed by atoms with van der Waals surface area (Å²) in [4.78, 5) is 44.1. The van der Waals surface area contributed by atoms with Crippen molar-refractivity contribution < 1.29 is 14.3 Å². The number of hydrogen-bond donors (Lipinski definition) is 2. The minimum atomic E-state index is -0.558. The van der Waals surface area contributed by atoms with Crippen LogP contribution >= 0.6 is 0 Å². The van der Waals surface area contributed by atoms with E-state index in [1.807, 2.05) is 6.07 Å². The van der Waals surface area contributed by atoms with Crippen molar-refractivity contribution in [1.82, 2.24) is 14.5 Å². The number of hydrogen-bond acceptors (Lipinski definition) is 6. The second kappa shape index (κ2) is 8.46. The van der Waals surface area contributed by atoms with Crippen LogP contribution in [0, 0.1) is 0 Å². The van der Waals surface area contributed by atoms with E-state index in [1.54, 1.807) is 48.5 Å². The number of primary amides is 1. The van der Waals surface area contributed by atoms with Crippen LogP contribution in [0.15, 0.2) is 77.9 Å². The minimum absolute atomic E-state index is 0.167. The summed E-state index contributed by atoms with van der Waals surface area (Å²) in [6.07, 6.45) is 2.62. The molecule has 0 unspecified atom stereocenters. The molecule has 0 bridgehead atoms. The minimum Gasteiger partial charge on any atom is -0.439 e. The average Bonchev–Trinajstić information content (AvgIpc) is 2.77. The van der Waals surface area contributed by atoms with Gasteiger partial charge in [-0.3, -0.25) is 19.0 Å². The molecule has 3 N–H and O–H groups in total. The lowest BCUT2D eigenvalue weighted by atomic mass is 10.2. The van der Waals surface area contributed by atoms with Crippen LogP contribution < -0.4 is 21.3 Å². The lowest BCUT2D eigenvalue weighted by Gasteiger charge is -2.10. The maximum absolute atomic E-state index is 12.5. The predicted molar refractivity (Wildman–Crippen MR) is 114 cm³/mol. The van der Waals surface area contributed by atoms with Crippen LogP contribution in [0.25, 0.3) is 11.0 Å². The fourth-order valence-electron chi connectivity index (χ4n) is 2.97. The lowest BCUT2D eigenvalue weighted by Crippen LogP contribution is -2.28. The van der Waals surface area contributed by atoms with E-state index in [2.05, 4.69) is 15.3 Å². The molecule has 0 aliphatic rings. The fourth-order valence-corrected chi connectivity index (χ4v) is 2.97. The second-order valence-corrected chi connectivity index (χ2v) is 6.60. The quantitative estimate of drug-likeness (QED) is 0.497. The van der Waals surface area contributed by atoms with E-state index < -0.39 is 5.91 Å². The van der Waals surface area contributed by atoms with E-state index in [1.165, 1.54) is 23.0 Å². The molecule has 0 fully saturated rings. The van der Waals surface area contributed by atoms with Crippen molar-refractivity contribution in [3.8, 4) is 11.6 Å². The summed E-state index contributed by atoms with van der Waals surface area (Å²) < 4.78 is 6.96. The Balaban J connectivity index is 1.44. The Kier molecular flexibility index (Phi) is 5.39. The molecule has 154 valence electrons. The zero-order valence-electron chi connectivity index (χ0n) is 16.2. The molecular weight excluding hydrogens is 398 g/mol. The first kappa shape index (κ1) is 19.8. The molecule has 0 saturated carbocycles. The van der Waals surface area contributed by atoms with E-state index in [4.69, 9.17) is 10.5 Å². The van der Waals surface area contributed by atoms with Gasteiger partial charge in [-0.25, -0.2) is 9.97 Å². The second-order valence-electron chi connectivity index (χ2n) is 6.60. The number of rotatable bonds is 6. The number of anilines is 1. The number of carbonyl (C=O) groups is 2. The standard InChI is InChI=1S/C22H17N5O4/c23-22(30)14-4-3-5-16(10-14)31-20-9-8-15(11-25-20)26-19(28)13-27-18-7-2-1-6-17(18)24-12-21(27)29/h1-12H,13H2,(H2,23,30)(H,26,28). The summed E-state index contributed by atoms with van der Waals surface area (Å²) >= 11 is 0. The molecule has 0 aliphatic heterocycles. The highest BCUT2D eigenvalue weighted by molar-refractivity contribution is 5.93. The van der Waals surface area contributed by atoms with E-state index in [9.17, 15) is 14.4 Å². The molecule has 0 saturated heterocycles. The van der Waals surface area contributed by atoms with Crippen molar-refractivity contribution >= 4 is 28.5 Å². The average molecular weight is 415 g/mol. The van der Waals surface area contributed by atoms with Crippen LogP contribution in [-0.2, 0) is 11.3 Å². The van der Waals surface area contributed by atoms with Gasteiger partial charge in [0.25, 0.3) is 5.56 Å². The number of amides is 2. The van der Waals surface area contributed by atoms with Crippen molar-refractivity contribution in [3.05, 3.63) is 89.0 Å².